The quantitative estimate of drug-likeness (QED) is 0.782. The number of hydrogen-bond donors (Lipinski definition) is 2. The Morgan fingerprint density at radius 3 is 2.89 bits per heavy atom. The van der Waals surface area contributed by atoms with Gasteiger partial charge in [0.2, 0.25) is 11.8 Å². The topological polar surface area (TPSA) is 74.4 Å². The summed E-state index contributed by atoms with van der Waals surface area (Å²) >= 11 is 0. The van der Waals surface area contributed by atoms with Crippen molar-refractivity contribution in [3.05, 3.63) is 41.1 Å². The van der Waals surface area contributed by atoms with Crippen LogP contribution in [0.5, 0.6) is 5.75 Å². The smallest absolute Gasteiger partial charge is 0.246 e. The summed E-state index contributed by atoms with van der Waals surface area (Å²) in [6, 6.07) is 5.15. The third kappa shape index (κ3) is 3.28. The molecule has 1 unspecified atom stereocenters. The molecule has 2 saturated heterocycles. The number of allylic oxidation sites excluding steroid dienone is 2. The predicted molar refractivity (Wildman–Crippen MR) is 108 cm³/mol. The molecule has 0 spiro atoms. The normalized spacial score (nSPS) is 21.6. The van der Waals surface area contributed by atoms with Gasteiger partial charge in [-0.25, -0.2) is 0 Å². The number of aromatic nitrogens is 1. The number of nitrogens with one attached hydrogen (secondary N) is 2. The van der Waals surface area contributed by atoms with Crippen molar-refractivity contribution in [2.24, 2.45) is 0 Å². The Bertz CT molecular complexity index is 955. The average Bonchev–Trinajstić information content (AvgIpc) is 3.29. The highest BCUT2D eigenvalue weighted by molar-refractivity contribution is 5.98. The van der Waals surface area contributed by atoms with Crippen LogP contribution in [0.4, 0.5) is 0 Å². The summed E-state index contributed by atoms with van der Waals surface area (Å²) in [4.78, 5) is 30.7. The zero-order valence-corrected chi connectivity index (χ0v) is 16.7. The van der Waals surface area contributed by atoms with E-state index in [1.165, 1.54) is 5.57 Å². The summed E-state index contributed by atoms with van der Waals surface area (Å²) in [5.41, 5.74) is 4.39. The minimum Gasteiger partial charge on any atom is -0.497 e. The van der Waals surface area contributed by atoms with Crippen LogP contribution in [-0.2, 0) is 22.4 Å². The van der Waals surface area contributed by atoms with Gasteiger partial charge in [-0.05, 0) is 44.4 Å². The highest BCUT2D eigenvalue weighted by Crippen LogP contribution is 2.30. The maximum Gasteiger partial charge on any atom is 0.246 e. The van der Waals surface area contributed by atoms with E-state index >= 15 is 0 Å². The predicted octanol–water partition coefficient (Wildman–Crippen LogP) is 2.72. The van der Waals surface area contributed by atoms with Gasteiger partial charge in [-0.1, -0.05) is 11.6 Å². The van der Waals surface area contributed by atoms with Crippen molar-refractivity contribution in [2.75, 3.05) is 13.7 Å². The molecule has 0 radical (unpaired) electrons. The SMILES string of the molecule is COc1ccc2c(CC3NC(=O)[C@@H]4CCCN4C3=O)c(CC=C(C)C)[nH]c2c1. The molecule has 0 bridgehead atoms. The Kier molecular flexibility index (Phi) is 4.87. The lowest BCUT2D eigenvalue weighted by Gasteiger charge is -2.34. The van der Waals surface area contributed by atoms with Crippen molar-refractivity contribution in [2.45, 2.75) is 51.6 Å². The summed E-state index contributed by atoms with van der Waals surface area (Å²) in [6.07, 6.45) is 5.09. The number of amides is 2. The molecule has 1 aromatic carbocycles. The molecule has 0 aliphatic carbocycles. The molecule has 28 heavy (non-hydrogen) atoms. The highest BCUT2D eigenvalue weighted by Gasteiger charge is 2.43. The minimum atomic E-state index is -0.506. The fraction of sp³-hybridized carbons (Fsp3) is 0.455. The molecule has 1 aromatic heterocycles. The second kappa shape index (κ2) is 7.34. The second-order valence-electron chi connectivity index (χ2n) is 7.93. The Morgan fingerprint density at radius 2 is 2.14 bits per heavy atom. The van der Waals surface area contributed by atoms with E-state index in [0.717, 1.165) is 47.2 Å². The van der Waals surface area contributed by atoms with Gasteiger partial charge in [0.25, 0.3) is 0 Å². The summed E-state index contributed by atoms with van der Waals surface area (Å²) in [5, 5.41) is 4.04. The highest BCUT2D eigenvalue weighted by atomic mass is 16.5. The number of piperazine rings is 1. The van der Waals surface area contributed by atoms with Crippen molar-refractivity contribution < 1.29 is 14.3 Å². The van der Waals surface area contributed by atoms with Crippen LogP contribution < -0.4 is 10.1 Å². The molecule has 3 heterocycles. The molecule has 148 valence electrons. The van der Waals surface area contributed by atoms with Crippen LogP contribution in [0.2, 0.25) is 0 Å². The zero-order valence-electron chi connectivity index (χ0n) is 16.7. The fourth-order valence-electron chi connectivity index (χ4n) is 4.31. The third-order valence-corrected chi connectivity index (χ3v) is 5.78. The van der Waals surface area contributed by atoms with Gasteiger partial charge in [0.1, 0.15) is 17.8 Å². The average molecular weight is 381 g/mol. The van der Waals surface area contributed by atoms with E-state index < -0.39 is 6.04 Å². The number of H-pyrrole nitrogens is 1. The number of fused-ring (bicyclic) bond motifs is 2. The number of rotatable bonds is 5. The number of ether oxygens (including phenoxy) is 1. The zero-order chi connectivity index (χ0) is 19.8. The minimum absolute atomic E-state index is 0.0190. The van der Waals surface area contributed by atoms with Crippen LogP contribution in [0.3, 0.4) is 0 Å². The number of carbonyl (C=O) groups is 2. The summed E-state index contributed by atoms with van der Waals surface area (Å²) in [5.74, 6) is 0.809. The Balaban J connectivity index is 1.70. The second-order valence-corrected chi connectivity index (χ2v) is 7.93. The summed E-state index contributed by atoms with van der Waals surface area (Å²) in [7, 11) is 1.65. The first kappa shape index (κ1) is 18.6. The fourth-order valence-corrected chi connectivity index (χ4v) is 4.31. The molecule has 2 aliphatic rings. The molecule has 2 aromatic rings. The van der Waals surface area contributed by atoms with E-state index in [-0.39, 0.29) is 17.9 Å². The van der Waals surface area contributed by atoms with E-state index in [2.05, 4.69) is 30.2 Å². The monoisotopic (exact) mass is 381 g/mol. The van der Waals surface area contributed by atoms with Gasteiger partial charge in [0, 0.05) is 42.0 Å². The molecule has 6 nitrogen and oxygen atoms in total. The van der Waals surface area contributed by atoms with Crippen molar-refractivity contribution in [1.82, 2.24) is 15.2 Å². The van der Waals surface area contributed by atoms with E-state index in [9.17, 15) is 9.59 Å². The molecule has 4 rings (SSSR count). The third-order valence-electron chi connectivity index (χ3n) is 5.78. The van der Waals surface area contributed by atoms with Gasteiger partial charge in [-0.15, -0.1) is 0 Å². The molecule has 2 N–H and O–H groups in total. The lowest BCUT2D eigenvalue weighted by Crippen LogP contribution is -2.61. The van der Waals surface area contributed by atoms with E-state index in [0.29, 0.717) is 13.0 Å². The van der Waals surface area contributed by atoms with Crippen molar-refractivity contribution in [3.63, 3.8) is 0 Å². The maximum absolute atomic E-state index is 13.0. The number of methoxy groups -OCH3 is 1. The number of hydrogen-bond acceptors (Lipinski definition) is 3. The lowest BCUT2D eigenvalue weighted by molar-refractivity contribution is -0.146. The standard InChI is InChI=1S/C22H27N3O3/c1-13(2)6-9-17-16(15-8-7-14(28-3)11-18(15)23-17)12-19-22(27)25-10-4-5-20(25)21(26)24-19/h6-8,11,19-20,23H,4-5,9-10,12H2,1-3H3,(H,24,26)/t19?,20-/m0/s1. The van der Waals surface area contributed by atoms with Gasteiger partial charge in [0.05, 0.1) is 7.11 Å². The van der Waals surface area contributed by atoms with E-state index in [4.69, 9.17) is 4.74 Å². The number of carbonyl (C=O) groups excluding carboxylic acids is 2. The summed E-state index contributed by atoms with van der Waals surface area (Å²) < 4.78 is 5.35. The van der Waals surface area contributed by atoms with E-state index in [1.54, 1.807) is 12.0 Å². The molecule has 2 atom stereocenters. The maximum atomic E-state index is 13.0. The largest absolute Gasteiger partial charge is 0.497 e. The van der Waals surface area contributed by atoms with Crippen LogP contribution in [0.25, 0.3) is 10.9 Å². The van der Waals surface area contributed by atoms with Crippen LogP contribution in [0.1, 0.15) is 37.9 Å². The Morgan fingerprint density at radius 1 is 1.32 bits per heavy atom. The molecule has 0 saturated carbocycles. The first-order chi connectivity index (χ1) is 13.5. The van der Waals surface area contributed by atoms with E-state index in [1.807, 2.05) is 18.2 Å². The molecular formula is C22H27N3O3. The number of aromatic amines is 1. The molecule has 2 amide bonds. The first-order valence-electron chi connectivity index (χ1n) is 9.89. The van der Waals surface area contributed by atoms with Crippen molar-refractivity contribution in [3.8, 4) is 5.75 Å². The summed E-state index contributed by atoms with van der Waals surface area (Å²) in [6.45, 7) is 4.83. The van der Waals surface area contributed by atoms with Gasteiger partial charge < -0.3 is 19.9 Å². The molecule has 2 fully saturated rings. The number of benzene rings is 1. The van der Waals surface area contributed by atoms with Crippen LogP contribution >= 0.6 is 0 Å². The van der Waals surface area contributed by atoms with Gasteiger partial charge in [0.15, 0.2) is 0 Å². The molecule has 6 heteroatoms. The lowest BCUT2D eigenvalue weighted by atomic mass is 9.97. The Labute approximate surface area is 164 Å². The molecular weight excluding hydrogens is 354 g/mol. The first-order valence-corrected chi connectivity index (χ1v) is 9.89. The van der Waals surface area contributed by atoms with Crippen LogP contribution in [-0.4, -0.2) is 47.4 Å². The Hall–Kier alpha value is -2.76. The van der Waals surface area contributed by atoms with Crippen molar-refractivity contribution >= 4 is 22.7 Å². The van der Waals surface area contributed by atoms with Gasteiger partial charge in [-0.2, -0.15) is 0 Å². The van der Waals surface area contributed by atoms with Crippen LogP contribution in [0, 0.1) is 0 Å². The van der Waals surface area contributed by atoms with Crippen molar-refractivity contribution in [1.29, 1.82) is 0 Å². The van der Waals surface area contributed by atoms with Gasteiger partial charge in [-0.3, -0.25) is 9.59 Å². The van der Waals surface area contributed by atoms with Gasteiger partial charge >= 0.3 is 0 Å². The van der Waals surface area contributed by atoms with Crippen LogP contribution in [0.15, 0.2) is 29.8 Å². The molecule has 2 aliphatic heterocycles. The number of nitrogens with zero attached hydrogens (tertiary/aromatic N) is 1.